The van der Waals surface area contributed by atoms with Crippen LogP contribution in [-0.2, 0) is 0 Å². The highest BCUT2D eigenvalue weighted by atomic mass is 16.3. The van der Waals surface area contributed by atoms with Gasteiger partial charge >= 0.3 is 0 Å². The van der Waals surface area contributed by atoms with Crippen molar-refractivity contribution >= 4 is 0 Å². The molecule has 2 saturated carbocycles. The van der Waals surface area contributed by atoms with E-state index in [2.05, 4.69) is 4.90 Å². The molecule has 3 nitrogen and oxygen atoms in total. The van der Waals surface area contributed by atoms with Crippen LogP contribution >= 0.6 is 0 Å². The summed E-state index contributed by atoms with van der Waals surface area (Å²) in [5, 5.41) is 10.7. The molecule has 0 radical (unpaired) electrons. The summed E-state index contributed by atoms with van der Waals surface area (Å²) < 4.78 is 0. The van der Waals surface area contributed by atoms with Gasteiger partial charge in [0.25, 0.3) is 0 Å². The summed E-state index contributed by atoms with van der Waals surface area (Å²) in [6.45, 7) is 3.36. The Balaban J connectivity index is 1.55. The number of nitrogens with zero attached hydrogens (tertiary/aromatic N) is 1. The standard InChI is InChI=1S/C16H30N2O/c17-15-7-2-1-5-13(15)11-18-10-9-16(19)8-4-3-6-14(16)12-18/h13-15,19H,1-12,17H2. The molecule has 110 valence electrons. The summed E-state index contributed by atoms with van der Waals surface area (Å²) in [7, 11) is 0. The first-order valence-corrected chi connectivity index (χ1v) is 8.38. The number of hydrogen-bond acceptors (Lipinski definition) is 3. The van der Waals surface area contributed by atoms with Crippen molar-refractivity contribution in [1.82, 2.24) is 4.90 Å². The number of rotatable bonds is 2. The Hall–Kier alpha value is -0.120. The van der Waals surface area contributed by atoms with Crippen molar-refractivity contribution in [3.8, 4) is 0 Å². The molecule has 1 aliphatic heterocycles. The molecule has 4 unspecified atom stereocenters. The average molecular weight is 266 g/mol. The molecule has 1 saturated heterocycles. The van der Waals surface area contributed by atoms with Crippen molar-refractivity contribution in [2.24, 2.45) is 17.6 Å². The predicted molar refractivity (Wildman–Crippen MR) is 77.9 cm³/mol. The summed E-state index contributed by atoms with van der Waals surface area (Å²) >= 11 is 0. The van der Waals surface area contributed by atoms with Crippen molar-refractivity contribution in [3.05, 3.63) is 0 Å². The van der Waals surface area contributed by atoms with Crippen molar-refractivity contribution in [2.45, 2.75) is 69.4 Å². The Bertz CT molecular complexity index is 307. The van der Waals surface area contributed by atoms with Crippen LogP contribution in [0.25, 0.3) is 0 Å². The van der Waals surface area contributed by atoms with E-state index in [1.165, 1.54) is 51.5 Å². The predicted octanol–water partition coefficient (Wildman–Crippen LogP) is 2.13. The quantitative estimate of drug-likeness (QED) is 0.805. The highest BCUT2D eigenvalue weighted by molar-refractivity contribution is 4.96. The van der Waals surface area contributed by atoms with E-state index in [-0.39, 0.29) is 5.60 Å². The molecule has 0 aromatic rings. The van der Waals surface area contributed by atoms with Crippen molar-refractivity contribution in [1.29, 1.82) is 0 Å². The maximum absolute atomic E-state index is 10.7. The van der Waals surface area contributed by atoms with Crippen LogP contribution in [0.5, 0.6) is 0 Å². The number of fused-ring (bicyclic) bond motifs is 1. The van der Waals surface area contributed by atoms with Crippen LogP contribution in [0.4, 0.5) is 0 Å². The Morgan fingerprint density at radius 1 is 1.05 bits per heavy atom. The zero-order chi connectivity index (χ0) is 13.3. The van der Waals surface area contributed by atoms with Crippen LogP contribution in [0, 0.1) is 11.8 Å². The maximum Gasteiger partial charge on any atom is 0.0700 e. The Labute approximate surface area is 117 Å². The van der Waals surface area contributed by atoms with Gasteiger partial charge in [0.05, 0.1) is 5.60 Å². The summed E-state index contributed by atoms with van der Waals surface area (Å²) in [5.41, 5.74) is 5.95. The molecule has 3 rings (SSSR count). The van der Waals surface area contributed by atoms with E-state index in [0.29, 0.717) is 17.9 Å². The average Bonchev–Trinajstić information content (AvgIpc) is 2.41. The van der Waals surface area contributed by atoms with Crippen LogP contribution in [0.15, 0.2) is 0 Å². The summed E-state index contributed by atoms with van der Waals surface area (Å²) in [6, 6.07) is 0.418. The molecular weight excluding hydrogens is 236 g/mol. The fourth-order valence-electron chi connectivity index (χ4n) is 4.60. The number of likely N-dealkylation sites (tertiary alicyclic amines) is 1. The minimum atomic E-state index is -0.330. The van der Waals surface area contributed by atoms with Gasteiger partial charge in [0.15, 0.2) is 0 Å². The normalized spacial score (nSPS) is 44.8. The van der Waals surface area contributed by atoms with Crippen LogP contribution < -0.4 is 5.73 Å². The van der Waals surface area contributed by atoms with Gasteiger partial charge in [0, 0.05) is 31.6 Å². The van der Waals surface area contributed by atoms with E-state index < -0.39 is 0 Å². The Kier molecular flexibility index (Phi) is 4.16. The molecule has 1 heterocycles. The lowest BCUT2D eigenvalue weighted by Crippen LogP contribution is -2.55. The van der Waals surface area contributed by atoms with Gasteiger partial charge in [-0.2, -0.15) is 0 Å². The van der Waals surface area contributed by atoms with Crippen molar-refractivity contribution < 1.29 is 5.11 Å². The third-order valence-corrected chi connectivity index (χ3v) is 5.97. The number of nitrogens with two attached hydrogens (primary N) is 1. The van der Waals surface area contributed by atoms with Gasteiger partial charge in [0.1, 0.15) is 0 Å². The van der Waals surface area contributed by atoms with E-state index >= 15 is 0 Å². The number of piperidine rings is 1. The number of hydrogen-bond donors (Lipinski definition) is 2. The second-order valence-corrected chi connectivity index (χ2v) is 7.26. The second-order valence-electron chi connectivity index (χ2n) is 7.26. The van der Waals surface area contributed by atoms with Crippen molar-refractivity contribution in [2.75, 3.05) is 19.6 Å². The molecule has 3 N–H and O–H groups in total. The molecule has 3 heteroatoms. The fourth-order valence-corrected chi connectivity index (χ4v) is 4.60. The van der Waals surface area contributed by atoms with Crippen LogP contribution in [0.3, 0.4) is 0 Å². The van der Waals surface area contributed by atoms with Gasteiger partial charge in [-0.3, -0.25) is 0 Å². The second kappa shape index (κ2) is 5.71. The minimum Gasteiger partial charge on any atom is -0.390 e. The van der Waals surface area contributed by atoms with Gasteiger partial charge in [-0.25, -0.2) is 0 Å². The Morgan fingerprint density at radius 2 is 1.84 bits per heavy atom. The molecule has 2 aliphatic carbocycles. The summed E-state index contributed by atoms with van der Waals surface area (Å²) in [6.07, 6.45) is 11.0. The monoisotopic (exact) mass is 266 g/mol. The molecular formula is C16H30N2O. The van der Waals surface area contributed by atoms with Crippen molar-refractivity contribution in [3.63, 3.8) is 0 Å². The number of aliphatic hydroxyl groups is 1. The topological polar surface area (TPSA) is 49.5 Å². The first-order chi connectivity index (χ1) is 9.17. The third kappa shape index (κ3) is 2.98. The van der Waals surface area contributed by atoms with E-state index in [1.807, 2.05) is 0 Å². The van der Waals surface area contributed by atoms with E-state index in [1.54, 1.807) is 0 Å². The first-order valence-electron chi connectivity index (χ1n) is 8.38. The highest BCUT2D eigenvalue weighted by Gasteiger charge is 2.43. The Morgan fingerprint density at radius 3 is 2.68 bits per heavy atom. The SMILES string of the molecule is NC1CCCCC1CN1CCC2(O)CCCCC2C1. The fraction of sp³-hybridized carbons (Fsp3) is 1.00. The lowest BCUT2D eigenvalue weighted by atomic mass is 9.71. The van der Waals surface area contributed by atoms with E-state index in [9.17, 15) is 5.11 Å². The lowest BCUT2D eigenvalue weighted by Gasteiger charge is -2.48. The molecule has 19 heavy (non-hydrogen) atoms. The smallest absolute Gasteiger partial charge is 0.0700 e. The molecule has 0 bridgehead atoms. The molecule has 0 aromatic heterocycles. The third-order valence-electron chi connectivity index (χ3n) is 5.97. The molecule has 3 fully saturated rings. The van der Waals surface area contributed by atoms with Crippen LogP contribution in [-0.4, -0.2) is 41.3 Å². The maximum atomic E-state index is 10.7. The van der Waals surface area contributed by atoms with Crippen LogP contribution in [0.1, 0.15) is 57.8 Å². The van der Waals surface area contributed by atoms with Gasteiger partial charge in [-0.05, 0) is 38.0 Å². The van der Waals surface area contributed by atoms with E-state index in [4.69, 9.17) is 5.73 Å². The van der Waals surface area contributed by atoms with Gasteiger partial charge in [-0.15, -0.1) is 0 Å². The largest absolute Gasteiger partial charge is 0.390 e. The molecule has 0 spiro atoms. The lowest BCUT2D eigenvalue weighted by molar-refractivity contribution is -0.0980. The molecule has 0 aromatic carbocycles. The van der Waals surface area contributed by atoms with Gasteiger partial charge in [0.2, 0.25) is 0 Å². The summed E-state index contributed by atoms with van der Waals surface area (Å²) in [4.78, 5) is 2.60. The minimum absolute atomic E-state index is 0.330. The van der Waals surface area contributed by atoms with E-state index in [0.717, 1.165) is 25.9 Å². The molecule has 3 aliphatic rings. The zero-order valence-electron chi connectivity index (χ0n) is 12.2. The zero-order valence-corrected chi connectivity index (χ0v) is 12.2. The van der Waals surface area contributed by atoms with Gasteiger partial charge < -0.3 is 15.7 Å². The summed E-state index contributed by atoms with van der Waals surface area (Å²) in [5.74, 6) is 1.22. The van der Waals surface area contributed by atoms with Gasteiger partial charge in [-0.1, -0.05) is 25.7 Å². The highest BCUT2D eigenvalue weighted by Crippen LogP contribution is 2.40. The first kappa shape index (κ1) is 13.8. The molecule has 0 amide bonds. The molecule has 4 atom stereocenters. The van der Waals surface area contributed by atoms with Crippen LogP contribution in [0.2, 0.25) is 0 Å².